The van der Waals surface area contributed by atoms with Crippen LogP contribution in [-0.4, -0.2) is 18.3 Å². The van der Waals surface area contributed by atoms with Gasteiger partial charge in [-0.25, -0.2) is 4.39 Å². The maximum atomic E-state index is 13.4. The summed E-state index contributed by atoms with van der Waals surface area (Å²) in [5.74, 6) is -0.212. The van der Waals surface area contributed by atoms with Gasteiger partial charge in [0, 0.05) is 19.1 Å². The van der Waals surface area contributed by atoms with Gasteiger partial charge in [0.2, 0.25) is 0 Å². The number of hydrogen-bond donors (Lipinski definition) is 2. The molecule has 3 nitrogen and oxygen atoms in total. The van der Waals surface area contributed by atoms with Gasteiger partial charge in [-0.1, -0.05) is 6.07 Å². The molecule has 0 radical (unpaired) electrons. The van der Waals surface area contributed by atoms with Crippen molar-refractivity contribution in [3.63, 3.8) is 0 Å². The van der Waals surface area contributed by atoms with Gasteiger partial charge in [-0.05, 0) is 24.6 Å². The second-order valence-corrected chi connectivity index (χ2v) is 3.40. The number of aliphatic hydroxyl groups excluding tert-OH is 1. The molecule has 0 aliphatic rings. The van der Waals surface area contributed by atoms with E-state index < -0.39 is 5.82 Å². The van der Waals surface area contributed by atoms with Gasteiger partial charge < -0.3 is 15.6 Å². The zero-order chi connectivity index (χ0) is 11.3. The van der Waals surface area contributed by atoms with Crippen LogP contribution in [0.3, 0.4) is 0 Å². The molecule has 0 fully saturated rings. The van der Waals surface area contributed by atoms with E-state index in [1.54, 1.807) is 19.1 Å². The van der Waals surface area contributed by atoms with Crippen molar-refractivity contribution in [2.75, 3.05) is 13.2 Å². The van der Waals surface area contributed by atoms with Crippen molar-refractivity contribution in [3.8, 4) is 5.75 Å². The molecular weight excluding hydrogens is 197 g/mol. The normalized spacial score (nSPS) is 12.5. The molecule has 1 aromatic rings. The number of benzene rings is 1. The average molecular weight is 213 g/mol. The maximum absolute atomic E-state index is 13.4. The van der Waals surface area contributed by atoms with E-state index in [9.17, 15) is 4.39 Å². The number of rotatable bonds is 5. The number of aliphatic hydroxyl groups is 1. The first kappa shape index (κ1) is 11.9. The first-order valence-electron chi connectivity index (χ1n) is 4.94. The van der Waals surface area contributed by atoms with Crippen molar-refractivity contribution < 1.29 is 14.2 Å². The van der Waals surface area contributed by atoms with Gasteiger partial charge in [-0.2, -0.15) is 0 Å². The predicted molar refractivity (Wildman–Crippen MR) is 56.2 cm³/mol. The van der Waals surface area contributed by atoms with Crippen molar-refractivity contribution in [2.24, 2.45) is 5.73 Å². The Labute approximate surface area is 88.7 Å². The lowest BCUT2D eigenvalue weighted by Crippen LogP contribution is -2.06. The molecule has 84 valence electrons. The Morgan fingerprint density at radius 3 is 2.80 bits per heavy atom. The molecule has 1 rings (SSSR count). The van der Waals surface area contributed by atoms with Gasteiger partial charge in [0.1, 0.15) is 0 Å². The zero-order valence-corrected chi connectivity index (χ0v) is 8.74. The molecule has 0 bridgehead atoms. The Hall–Kier alpha value is -1.13. The van der Waals surface area contributed by atoms with E-state index in [1.165, 1.54) is 6.07 Å². The summed E-state index contributed by atoms with van der Waals surface area (Å²) in [6, 6.07) is 4.48. The SMILES string of the molecule is C[C@H](N)c1ccc(OCCCO)c(F)c1. The predicted octanol–water partition coefficient (Wildman–Crippen LogP) is 1.61. The molecule has 15 heavy (non-hydrogen) atoms. The van der Waals surface area contributed by atoms with Gasteiger partial charge in [-0.3, -0.25) is 0 Å². The van der Waals surface area contributed by atoms with Crippen LogP contribution in [0.4, 0.5) is 4.39 Å². The van der Waals surface area contributed by atoms with Crippen LogP contribution < -0.4 is 10.5 Å². The third-order valence-electron chi connectivity index (χ3n) is 2.04. The number of halogens is 1. The molecule has 0 aliphatic carbocycles. The highest BCUT2D eigenvalue weighted by molar-refractivity contribution is 5.30. The number of nitrogens with two attached hydrogens (primary N) is 1. The van der Waals surface area contributed by atoms with E-state index in [2.05, 4.69) is 0 Å². The fourth-order valence-corrected chi connectivity index (χ4v) is 1.16. The van der Waals surface area contributed by atoms with Crippen molar-refractivity contribution >= 4 is 0 Å². The standard InChI is InChI=1S/C11H16FNO2/c1-8(13)9-3-4-11(10(12)7-9)15-6-2-5-14/h3-4,7-8,14H,2,5-6,13H2,1H3/t8-/m0/s1. The fraction of sp³-hybridized carbons (Fsp3) is 0.455. The highest BCUT2D eigenvalue weighted by Gasteiger charge is 2.06. The summed E-state index contributed by atoms with van der Waals surface area (Å²) in [5.41, 5.74) is 6.35. The number of hydrogen-bond acceptors (Lipinski definition) is 3. The Balaban J connectivity index is 2.66. The van der Waals surface area contributed by atoms with E-state index >= 15 is 0 Å². The van der Waals surface area contributed by atoms with E-state index in [1.807, 2.05) is 0 Å². The molecule has 3 N–H and O–H groups in total. The summed E-state index contributed by atoms with van der Waals surface area (Å²) in [7, 11) is 0. The summed E-state index contributed by atoms with van der Waals surface area (Å²) in [4.78, 5) is 0. The Morgan fingerprint density at radius 1 is 1.53 bits per heavy atom. The molecule has 0 heterocycles. The summed E-state index contributed by atoms with van der Waals surface area (Å²) in [6.07, 6.45) is 0.495. The second-order valence-electron chi connectivity index (χ2n) is 3.40. The summed E-state index contributed by atoms with van der Waals surface area (Å²) < 4.78 is 18.5. The van der Waals surface area contributed by atoms with Gasteiger partial charge in [-0.15, -0.1) is 0 Å². The Kier molecular flexibility index (Phi) is 4.52. The Morgan fingerprint density at radius 2 is 2.27 bits per heavy atom. The third-order valence-corrected chi connectivity index (χ3v) is 2.04. The lowest BCUT2D eigenvalue weighted by Gasteiger charge is -2.09. The smallest absolute Gasteiger partial charge is 0.165 e. The van der Waals surface area contributed by atoms with Gasteiger partial charge in [0.05, 0.1) is 6.61 Å². The molecule has 0 saturated heterocycles. The summed E-state index contributed by atoms with van der Waals surface area (Å²) in [6.45, 7) is 2.14. The van der Waals surface area contributed by atoms with E-state index in [0.29, 0.717) is 13.0 Å². The van der Waals surface area contributed by atoms with Crippen LogP contribution in [0.15, 0.2) is 18.2 Å². The molecule has 0 amide bonds. The summed E-state index contributed by atoms with van der Waals surface area (Å²) >= 11 is 0. The molecule has 0 aliphatic heterocycles. The van der Waals surface area contributed by atoms with Crippen LogP contribution in [0.1, 0.15) is 24.9 Å². The van der Waals surface area contributed by atoms with Crippen molar-refractivity contribution in [1.29, 1.82) is 0 Å². The fourth-order valence-electron chi connectivity index (χ4n) is 1.16. The molecule has 1 aromatic carbocycles. The van der Waals surface area contributed by atoms with Crippen LogP contribution in [0.25, 0.3) is 0 Å². The van der Waals surface area contributed by atoms with Crippen molar-refractivity contribution in [3.05, 3.63) is 29.6 Å². The average Bonchev–Trinajstić information content (AvgIpc) is 2.20. The molecule has 1 atom stereocenters. The van der Waals surface area contributed by atoms with Gasteiger partial charge >= 0.3 is 0 Å². The minimum atomic E-state index is -0.414. The van der Waals surface area contributed by atoms with Crippen LogP contribution in [0.2, 0.25) is 0 Å². The minimum absolute atomic E-state index is 0.0412. The van der Waals surface area contributed by atoms with Crippen LogP contribution in [-0.2, 0) is 0 Å². The first-order valence-corrected chi connectivity index (χ1v) is 4.94. The molecule has 0 saturated carbocycles. The minimum Gasteiger partial charge on any atom is -0.490 e. The van der Waals surface area contributed by atoms with E-state index in [-0.39, 0.29) is 18.4 Å². The zero-order valence-electron chi connectivity index (χ0n) is 8.74. The van der Waals surface area contributed by atoms with Crippen LogP contribution >= 0.6 is 0 Å². The lowest BCUT2D eigenvalue weighted by molar-refractivity contribution is 0.228. The Bertz CT molecular complexity index is 315. The summed E-state index contributed by atoms with van der Waals surface area (Å²) in [5, 5.41) is 8.54. The monoisotopic (exact) mass is 213 g/mol. The third kappa shape index (κ3) is 3.49. The highest BCUT2D eigenvalue weighted by atomic mass is 19.1. The van der Waals surface area contributed by atoms with Crippen molar-refractivity contribution in [1.82, 2.24) is 0 Å². The molecule has 0 unspecified atom stereocenters. The largest absolute Gasteiger partial charge is 0.490 e. The lowest BCUT2D eigenvalue weighted by atomic mass is 10.1. The molecule has 4 heteroatoms. The van der Waals surface area contributed by atoms with E-state index in [4.69, 9.17) is 15.6 Å². The highest BCUT2D eigenvalue weighted by Crippen LogP contribution is 2.21. The first-order chi connectivity index (χ1) is 7.15. The van der Waals surface area contributed by atoms with Crippen LogP contribution in [0, 0.1) is 5.82 Å². The molecular formula is C11H16FNO2. The maximum Gasteiger partial charge on any atom is 0.165 e. The van der Waals surface area contributed by atoms with Gasteiger partial charge in [0.15, 0.2) is 11.6 Å². The number of ether oxygens (including phenoxy) is 1. The second kappa shape index (κ2) is 5.68. The molecule has 0 spiro atoms. The van der Waals surface area contributed by atoms with Gasteiger partial charge in [0.25, 0.3) is 0 Å². The quantitative estimate of drug-likeness (QED) is 0.730. The van der Waals surface area contributed by atoms with Crippen LogP contribution in [0.5, 0.6) is 5.75 Å². The van der Waals surface area contributed by atoms with E-state index in [0.717, 1.165) is 5.56 Å². The van der Waals surface area contributed by atoms with Crippen molar-refractivity contribution in [2.45, 2.75) is 19.4 Å². The topological polar surface area (TPSA) is 55.5 Å². The molecule has 0 aromatic heterocycles.